The zero-order valence-corrected chi connectivity index (χ0v) is 8.47. The van der Waals surface area contributed by atoms with Gasteiger partial charge in [-0.3, -0.25) is 0 Å². The van der Waals surface area contributed by atoms with Crippen LogP contribution in [-0.4, -0.2) is 25.7 Å². The van der Waals surface area contributed by atoms with Crippen molar-refractivity contribution in [2.45, 2.75) is 13.8 Å². The van der Waals surface area contributed by atoms with E-state index in [1.54, 1.807) is 6.92 Å². The first-order valence-electron chi connectivity index (χ1n) is 3.66. The summed E-state index contributed by atoms with van der Waals surface area (Å²) in [6.07, 6.45) is 0. The lowest BCUT2D eigenvalue weighted by Crippen LogP contribution is -2.10. The van der Waals surface area contributed by atoms with Gasteiger partial charge >= 0.3 is 11.9 Å². The van der Waals surface area contributed by atoms with E-state index in [0.717, 1.165) is 0 Å². The summed E-state index contributed by atoms with van der Waals surface area (Å²) in [5.74, 6) is -1.36. The molecular weight excluding hydrogens is 196 g/mol. The smallest absolute Gasteiger partial charge is 0.350 e. The first-order valence-corrected chi connectivity index (χ1v) is 4.04. The molecule has 0 amide bonds. The van der Waals surface area contributed by atoms with E-state index in [9.17, 15) is 9.59 Å². The van der Waals surface area contributed by atoms with Crippen LogP contribution in [-0.2, 0) is 19.1 Å². The number of hydrogen-bond donors (Lipinski definition) is 0. The Morgan fingerprint density at radius 1 is 1.31 bits per heavy atom. The molecule has 0 rings (SSSR count). The molecule has 0 saturated carbocycles. The van der Waals surface area contributed by atoms with Gasteiger partial charge in [0.25, 0.3) is 0 Å². The van der Waals surface area contributed by atoms with Crippen molar-refractivity contribution in [3.05, 3.63) is 10.6 Å². The van der Waals surface area contributed by atoms with E-state index in [1.165, 1.54) is 14.0 Å². The summed E-state index contributed by atoms with van der Waals surface area (Å²) in [5, 5.41) is -0.242. The number of rotatable bonds is 3. The second-order valence-electron chi connectivity index (χ2n) is 2.15. The van der Waals surface area contributed by atoms with Gasteiger partial charge in [-0.2, -0.15) is 0 Å². The van der Waals surface area contributed by atoms with Crippen molar-refractivity contribution in [3.8, 4) is 0 Å². The second kappa shape index (κ2) is 5.59. The van der Waals surface area contributed by atoms with Crippen LogP contribution in [0.3, 0.4) is 0 Å². The summed E-state index contributed by atoms with van der Waals surface area (Å²) in [6.45, 7) is 3.25. The molecule has 0 bridgehead atoms. The molecule has 74 valence electrons. The average molecular weight is 207 g/mol. The van der Waals surface area contributed by atoms with Crippen LogP contribution in [0.1, 0.15) is 13.8 Å². The van der Waals surface area contributed by atoms with Crippen LogP contribution in [0.4, 0.5) is 0 Å². The number of ether oxygens (including phenoxy) is 2. The Labute approximate surface area is 81.5 Å². The van der Waals surface area contributed by atoms with Gasteiger partial charge in [-0.1, -0.05) is 11.6 Å². The maximum absolute atomic E-state index is 11.0. The van der Waals surface area contributed by atoms with Gasteiger partial charge in [-0.05, 0) is 13.8 Å². The summed E-state index contributed by atoms with van der Waals surface area (Å²) in [5.41, 5.74) is 0.0441. The fraction of sp³-hybridized carbons (Fsp3) is 0.500. The summed E-state index contributed by atoms with van der Waals surface area (Å²) >= 11 is 5.54. The van der Waals surface area contributed by atoms with Gasteiger partial charge in [0, 0.05) is 0 Å². The Bertz CT molecular complexity index is 245. The van der Waals surface area contributed by atoms with Gasteiger partial charge in [0.2, 0.25) is 0 Å². The molecule has 0 unspecified atom stereocenters. The fourth-order valence-electron chi connectivity index (χ4n) is 0.590. The van der Waals surface area contributed by atoms with E-state index in [2.05, 4.69) is 9.47 Å². The van der Waals surface area contributed by atoms with E-state index in [0.29, 0.717) is 0 Å². The van der Waals surface area contributed by atoms with E-state index in [-0.39, 0.29) is 17.2 Å². The van der Waals surface area contributed by atoms with Gasteiger partial charge in [0.1, 0.15) is 5.03 Å². The third-order valence-corrected chi connectivity index (χ3v) is 1.71. The van der Waals surface area contributed by atoms with Crippen molar-refractivity contribution in [3.63, 3.8) is 0 Å². The SMILES string of the molecule is CCOC(=O)/C(Cl)=C(/C)C(=O)OC. The molecule has 0 heterocycles. The van der Waals surface area contributed by atoms with E-state index < -0.39 is 11.9 Å². The summed E-state index contributed by atoms with van der Waals surface area (Å²) < 4.78 is 8.96. The zero-order chi connectivity index (χ0) is 10.4. The molecule has 0 saturated heterocycles. The molecule has 0 fully saturated rings. The normalized spacial score (nSPS) is 11.7. The third-order valence-electron chi connectivity index (χ3n) is 1.28. The van der Waals surface area contributed by atoms with Gasteiger partial charge in [0.15, 0.2) is 0 Å². The highest BCUT2D eigenvalue weighted by Crippen LogP contribution is 2.12. The fourth-order valence-corrected chi connectivity index (χ4v) is 0.722. The minimum atomic E-state index is -0.716. The van der Waals surface area contributed by atoms with Crippen LogP contribution in [0.15, 0.2) is 10.6 Å². The van der Waals surface area contributed by atoms with Crippen molar-refractivity contribution in [1.29, 1.82) is 0 Å². The molecule has 0 radical (unpaired) electrons. The quantitative estimate of drug-likeness (QED) is 0.515. The highest BCUT2D eigenvalue weighted by molar-refractivity contribution is 6.43. The number of carbonyl (C=O) groups is 2. The molecule has 0 aliphatic heterocycles. The number of hydrogen-bond acceptors (Lipinski definition) is 4. The summed E-state index contributed by atoms with van der Waals surface area (Å²) in [6, 6.07) is 0. The van der Waals surface area contributed by atoms with Crippen molar-refractivity contribution < 1.29 is 19.1 Å². The molecule has 0 spiro atoms. The van der Waals surface area contributed by atoms with Crippen LogP contribution >= 0.6 is 11.6 Å². The summed E-state index contributed by atoms with van der Waals surface area (Å²) in [4.78, 5) is 21.9. The van der Waals surface area contributed by atoms with Crippen LogP contribution < -0.4 is 0 Å². The lowest BCUT2D eigenvalue weighted by molar-refractivity contribution is -0.140. The third kappa shape index (κ3) is 3.46. The molecule has 0 aliphatic rings. The van der Waals surface area contributed by atoms with Crippen molar-refractivity contribution in [2.75, 3.05) is 13.7 Å². The molecule has 0 atom stereocenters. The molecule has 4 nitrogen and oxygen atoms in total. The average Bonchev–Trinajstić information content (AvgIpc) is 2.14. The van der Waals surface area contributed by atoms with E-state index >= 15 is 0 Å². The Morgan fingerprint density at radius 2 is 1.85 bits per heavy atom. The van der Waals surface area contributed by atoms with Gasteiger partial charge in [-0.25, -0.2) is 9.59 Å². The standard InChI is InChI=1S/C8H11ClO4/c1-4-13-8(11)6(9)5(2)7(10)12-3/h4H2,1-3H3/b6-5+. The predicted molar refractivity (Wildman–Crippen MR) is 47.2 cm³/mol. The predicted octanol–water partition coefficient (Wildman–Crippen LogP) is 1.24. The number of halogens is 1. The van der Waals surface area contributed by atoms with Crippen LogP contribution in [0, 0.1) is 0 Å². The molecule has 13 heavy (non-hydrogen) atoms. The van der Waals surface area contributed by atoms with E-state index in [1.807, 2.05) is 0 Å². The lowest BCUT2D eigenvalue weighted by Gasteiger charge is -2.03. The molecule has 0 aromatic heterocycles. The number of methoxy groups -OCH3 is 1. The Morgan fingerprint density at radius 3 is 2.23 bits per heavy atom. The minimum Gasteiger partial charge on any atom is -0.466 e. The topological polar surface area (TPSA) is 52.6 Å². The maximum Gasteiger partial charge on any atom is 0.350 e. The van der Waals surface area contributed by atoms with E-state index in [4.69, 9.17) is 11.6 Å². The maximum atomic E-state index is 11.0. The van der Waals surface area contributed by atoms with Crippen LogP contribution in [0.2, 0.25) is 0 Å². The Balaban J connectivity index is 4.60. The Hall–Kier alpha value is -1.03. The molecule has 0 aliphatic carbocycles. The molecule has 0 aromatic rings. The molecule has 0 aromatic carbocycles. The van der Waals surface area contributed by atoms with Crippen molar-refractivity contribution >= 4 is 23.5 Å². The molecule has 5 heteroatoms. The van der Waals surface area contributed by atoms with Crippen molar-refractivity contribution in [2.24, 2.45) is 0 Å². The lowest BCUT2D eigenvalue weighted by atomic mass is 10.3. The zero-order valence-electron chi connectivity index (χ0n) is 7.72. The monoisotopic (exact) mass is 206 g/mol. The van der Waals surface area contributed by atoms with Crippen molar-refractivity contribution in [1.82, 2.24) is 0 Å². The van der Waals surface area contributed by atoms with Gasteiger partial charge < -0.3 is 9.47 Å². The minimum absolute atomic E-state index is 0.0441. The first-order chi connectivity index (χ1) is 6.04. The highest BCUT2D eigenvalue weighted by Gasteiger charge is 2.16. The summed E-state index contributed by atoms with van der Waals surface area (Å²) in [7, 11) is 1.21. The number of carbonyl (C=O) groups excluding carboxylic acids is 2. The number of esters is 2. The van der Waals surface area contributed by atoms with Gasteiger partial charge in [-0.15, -0.1) is 0 Å². The van der Waals surface area contributed by atoms with Crippen LogP contribution in [0.25, 0.3) is 0 Å². The highest BCUT2D eigenvalue weighted by atomic mass is 35.5. The second-order valence-corrected chi connectivity index (χ2v) is 2.53. The first kappa shape index (κ1) is 12.0. The van der Waals surface area contributed by atoms with Crippen LogP contribution in [0.5, 0.6) is 0 Å². The van der Waals surface area contributed by atoms with Gasteiger partial charge in [0.05, 0.1) is 19.3 Å². The largest absolute Gasteiger partial charge is 0.466 e. The molecular formula is C8H11ClO4. The Kier molecular flexibility index (Phi) is 5.14. The molecule has 0 N–H and O–H groups in total.